The van der Waals surface area contributed by atoms with E-state index in [2.05, 4.69) is 28.1 Å². The third kappa shape index (κ3) is 8.37. The minimum absolute atomic E-state index is 0.00125. The fraction of sp³-hybridized carbons (Fsp3) is 0.440. The fourth-order valence-electron chi connectivity index (χ4n) is 3.62. The SMILES string of the molecule is Cc1cc(C)cc(C(=O)NCCCC[NH2+]CCCNC(=O)c2cc(C)cc(C)c2)c1. The summed E-state index contributed by atoms with van der Waals surface area (Å²) in [5, 5.41) is 8.27. The molecular formula is C25H36N3O2+. The van der Waals surface area contributed by atoms with Gasteiger partial charge in [0, 0.05) is 30.6 Å². The molecule has 0 spiro atoms. The zero-order chi connectivity index (χ0) is 21.9. The number of nitrogens with one attached hydrogen (secondary N) is 2. The van der Waals surface area contributed by atoms with Crippen molar-refractivity contribution in [2.75, 3.05) is 26.2 Å². The summed E-state index contributed by atoms with van der Waals surface area (Å²) in [5.74, 6) is 0.00618. The second kappa shape index (κ2) is 12.1. The van der Waals surface area contributed by atoms with Gasteiger partial charge in [0.25, 0.3) is 11.8 Å². The molecular weight excluding hydrogens is 374 g/mol. The molecule has 0 saturated heterocycles. The van der Waals surface area contributed by atoms with Crippen LogP contribution in [-0.4, -0.2) is 38.0 Å². The van der Waals surface area contributed by atoms with Crippen LogP contribution in [0.5, 0.6) is 0 Å². The maximum Gasteiger partial charge on any atom is 0.251 e. The van der Waals surface area contributed by atoms with Crippen molar-refractivity contribution < 1.29 is 14.9 Å². The zero-order valence-electron chi connectivity index (χ0n) is 18.8. The molecule has 0 bridgehead atoms. The van der Waals surface area contributed by atoms with Crippen molar-refractivity contribution in [3.63, 3.8) is 0 Å². The predicted molar refractivity (Wildman–Crippen MR) is 122 cm³/mol. The molecule has 4 N–H and O–H groups in total. The number of carbonyl (C=O) groups excluding carboxylic acids is 2. The molecule has 5 heteroatoms. The third-order valence-corrected chi connectivity index (χ3v) is 4.96. The number of hydrogen-bond acceptors (Lipinski definition) is 2. The van der Waals surface area contributed by atoms with Crippen LogP contribution in [0.25, 0.3) is 0 Å². The molecule has 0 aromatic heterocycles. The Hall–Kier alpha value is -2.66. The molecule has 30 heavy (non-hydrogen) atoms. The van der Waals surface area contributed by atoms with Gasteiger partial charge in [0.05, 0.1) is 13.1 Å². The number of quaternary nitrogens is 1. The lowest BCUT2D eigenvalue weighted by Crippen LogP contribution is -2.84. The first kappa shape index (κ1) is 23.6. The van der Waals surface area contributed by atoms with Crippen molar-refractivity contribution in [3.8, 4) is 0 Å². The number of benzene rings is 2. The Morgan fingerprint density at radius 2 is 1.03 bits per heavy atom. The van der Waals surface area contributed by atoms with Crippen LogP contribution in [0.1, 0.15) is 62.2 Å². The largest absolute Gasteiger partial charge is 0.352 e. The predicted octanol–water partition coefficient (Wildman–Crippen LogP) is 2.81. The van der Waals surface area contributed by atoms with Crippen LogP contribution >= 0.6 is 0 Å². The zero-order valence-corrected chi connectivity index (χ0v) is 18.8. The standard InChI is InChI=1S/C25H35N3O2/c1-18-12-19(2)15-22(14-18)24(29)27-10-6-5-8-26-9-7-11-28-25(30)23-16-20(3)13-21(4)17-23/h12-17,26H,5-11H2,1-4H3,(H,27,29)(H,28,30)/p+1. The van der Waals surface area contributed by atoms with E-state index >= 15 is 0 Å². The number of amides is 2. The second-order valence-electron chi connectivity index (χ2n) is 8.19. The molecule has 0 fully saturated rings. The molecule has 0 aliphatic heterocycles. The number of unbranched alkanes of at least 4 members (excludes halogenated alkanes) is 1. The van der Waals surface area contributed by atoms with Gasteiger partial charge in [0.2, 0.25) is 0 Å². The molecule has 0 unspecified atom stereocenters. The van der Waals surface area contributed by atoms with E-state index in [1.807, 2.05) is 52.0 Å². The molecule has 2 aromatic rings. The summed E-state index contributed by atoms with van der Waals surface area (Å²) < 4.78 is 0. The van der Waals surface area contributed by atoms with E-state index in [0.29, 0.717) is 13.1 Å². The normalized spacial score (nSPS) is 10.7. The topological polar surface area (TPSA) is 74.8 Å². The Morgan fingerprint density at radius 1 is 0.633 bits per heavy atom. The average molecular weight is 411 g/mol. The first-order valence-corrected chi connectivity index (χ1v) is 10.9. The molecule has 2 amide bonds. The van der Waals surface area contributed by atoms with E-state index in [1.54, 1.807) is 0 Å². The van der Waals surface area contributed by atoms with E-state index < -0.39 is 0 Å². The van der Waals surface area contributed by atoms with Gasteiger partial charge in [-0.2, -0.15) is 0 Å². The highest BCUT2D eigenvalue weighted by Gasteiger charge is 2.07. The molecule has 0 saturated carbocycles. The molecule has 5 nitrogen and oxygen atoms in total. The van der Waals surface area contributed by atoms with Crippen LogP contribution in [0, 0.1) is 27.7 Å². The smallest absolute Gasteiger partial charge is 0.251 e. The van der Waals surface area contributed by atoms with E-state index in [0.717, 1.165) is 65.7 Å². The number of rotatable bonds is 11. The summed E-state index contributed by atoms with van der Waals surface area (Å²) in [6.45, 7) is 11.4. The Labute approximate surface area is 180 Å². The van der Waals surface area contributed by atoms with Gasteiger partial charge in [-0.25, -0.2) is 0 Å². The van der Waals surface area contributed by atoms with Crippen LogP contribution in [-0.2, 0) is 0 Å². The van der Waals surface area contributed by atoms with Crippen LogP contribution < -0.4 is 16.0 Å². The maximum absolute atomic E-state index is 12.2. The summed E-state index contributed by atoms with van der Waals surface area (Å²) >= 11 is 0. The van der Waals surface area contributed by atoms with Gasteiger partial charge >= 0.3 is 0 Å². The monoisotopic (exact) mass is 410 g/mol. The Balaban J connectivity index is 1.50. The molecule has 2 rings (SSSR count). The summed E-state index contributed by atoms with van der Waals surface area (Å²) in [5.41, 5.74) is 5.92. The van der Waals surface area contributed by atoms with Crippen LogP contribution in [0.15, 0.2) is 36.4 Å². The first-order chi connectivity index (χ1) is 14.3. The molecule has 0 heterocycles. The minimum atomic E-state index is 0.00125. The van der Waals surface area contributed by atoms with E-state index in [9.17, 15) is 9.59 Å². The van der Waals surface area contributed by atoms with Crippen LogP contribution in [0.2, 0.25) is 0 Å². The van der Waals surface area contributed by atoms with E-state index in [-0.39, 0.29) is 11.8 Å². The number of aryl methyl sites for hydroxylation is 4. The molecule has 0 aliphatic carbocycles. The quantitative estimate of drug-likeness (QED) is 0.498. The van der Waals surface area contributed by atoms with Crippen LogP contribution in [0.3, 0.4) is 0 Å². The summed E-state index contributed by atoms with van der Waals surface area (Å²) in [4.78, 5) is 24.4. The maximum atomic E-state index is 12.2. The number of hydrogen-bond donors (Lipinski definition) is 3. The van der Waals surface area contributed by atoms with Crippen molar-refractivity contribution in [1.82, 2.24) is 10.6 Å². The van der Waals surface area contributed by atoms with Gasteiger partial charge < -0.3 is 16.0 Å². The van der Waals surface area contributed by atoms with Gasteiger partial charge in [0.1, 0.15) is 0 Å². The highest BCUT2D eigenvalue weighted by molar-refractivity contribution is 5.95. The van der Waals surface area contributed by atoms with Crippen molar-refractivity contribution in [2.45, 2.75) is 47.0 Å². The summed E-state index contributed by atoms with van der Waals surface area (Å²) in [7, 11) is 0. The van der Waals surface area contributed by atoms with Gasteiger partial charge in [-0.15, -0.1) is 0 Å². The minimum Gasteiger partial charge on any atom is -0.352 e. The Morgan fingerprint density at radius 3 is 1.50 bits per heavy atom. The summed E-state index contributed by atoms with van der Waals surface area (Å²) in [6.07, 6.45) is 2.97. The second-order valence-corrected chi connectivity index (χ2v) is 8.19. The lowest BCUT2D eigenvalue weighted by atomic mass is 10.1. The van der Waals surface area contributed by atoms with Crippen molar-refractivity contribution in [3.05, 3.63) is 69.8 Å². The van der Waals surface area contributed by atoms with Gasteiger partial charge in [-0.1, -0.05) is 34.4 Å². The summed E-state index contributed by atoms with van der Waals surface area (Å²) in [6, 6.07) is 11.8. The number of nitrogens with two attached hydrogens (primary N) is 1. The highest BCUT2D eigenvalue weighted by Crippen LogP contribution is 2.09. The molecule has 0 aliphatic rings. The fourth-order valence-corrected chi connectivity index (χ4v) is 3.62. The number of carbonyl (C=O) groups is 2. The van der Waals surface area contributed by atoms with Crippen molar-refractivity contribution in [1.29, 1.82) is 0 Å². The van der Waals surface area contributed by atoms with E-state index in [4.69, 9.17) is 0 Å². The Kier molecular flexibility index (Phi) is 9.55. The lowest BCUT2D eigenvalue weighted by molar-refractivity contribution is -0.655. The van der Waals surface area contributed by atoms with Crippen LogP contribution in [0.4, 0.5) is 0 Å². The third-order valence-electron chi connectivity index (χ3n) is 4.96. The highest BCUT2D eigenvalue weighted by atomic mass is 16.2. The van der Waals surface area contributed by atoms with Gasteiger partial charge in [0.15, 0.2) is 0 Å². The molecule has 0 radical (unpaired) electrons. The van der Waals surface area contributed by atoms with Crippen molar-refractivity contribution in [2.24, 2.45) is 0 Å². The lowest BCUT2D eigenvalue weighted by Gasteiger charge is -2.08. The van der Waals surface area contributed by atoms with Gasteiger partial charge in [-0.05, 0) is 64.8 Å². The first-order valence-electron chi connectivity index (χ1n) is 10.9. The molecule has 162 valence electrons. The molecule has 0 atom stereocenters. The average Bonchev–Trinajstić information content (AvgIpc) is 2.67. The van der Waals surface area contributed by atoms with Gasteiger partial charge in [-0.3, -0.25) is 9.59 Å². The molecule has 2 aromatic carbocycles. The van der Waals surface area contributed by atoms with E-state index in [1.165, 1.54) is 0 Å². The van der Waals surface area contributed by atoms with Crippen molar-refractivity contribution >= 4 is 11.8 Å². The Bertz CT molecular complexity index is 749.